The fourth-order valence-corrected chi connectivity index (χ4v) is 2.62. The van der Waals surface area contributed by atoms with Gasteiger partial charge in [0.2, 0.25) is 5.91 Å². The van der Waals surface area contributed by atoms with E-state index in [1.807, 2.05) is 0 Å². The standard InChI is InChI=1S/C16H26N4OS/c1-5-8-17-16(19-12-15(21)20(3)4)18-11-13(2)10-14-7-6-9-22-14/h5-7,9,13H,1,8,10-12H2,2-4H3,(H2,17,18,19). The number of likely N-dealkylation sites (N-methyl/N-ethyl adjacent to an activating group) is 1. The van der Waals surface area contributed by atoms with E-state index < -0.39 is 0 Å². The number of carbonyl (C=O) groups is 1. The Morgan fingerprint density at radius 3 is 2.86 bits per heavy atom. The van der Waals surface area contributed by atoms with E-state index in [1.54, 1.807) is 31.5 Å². The van der Waals surface area contributed by atoms with Gasteiger partial charge in [-0.2, -0.15) is 0 Å². The molecule has 1 unspecified atom stereocenters. The largest absolute Gasteiger partial charge is 0.356 e. The number of guanidine groups is 1. The lowest BCUT2D eigenvalue weighted by Crippen LogP contribution is -2.40. The van der Waals surface area contributed by atoms with Crippen molar-refractivity contribution in [2.75, 3.05) is 33.7 Å². The molecule has 0 saturated carbocycles. The predicted molar refractivity (Wildman–Crippen MR) is 94.4 cm³/mol. The SMILES string of the molecule is C=CCNC(=NCC(=O)N(C)C)NCC(C)Cc1cccs1. The van der Waals surface area contributed by atoms with Crippen LogP contribution in [0.1, 0.15) is 11.8 Å². The Bertz CT molecular complexity index is 482. The number of hydrogen-bond acceptors (Lipinski definition) is 3. The second kappa shape index (κ2) is 10.00. The van der Waals surface area contributed by atoms with E-state index >= 15 is 0 Å². The van der Waals surface area contributed by atoms with Crippen LogP contribution in [-0.2, 0) is 11.2 Å². The third-order valence-electron chi connectivity index (χ3n) is 3.03. The number of rotatable bonds is 8. The molecule has 0 aliphatic heterocycles. The molecule has 1 aromatic rings. The van der Waals surface area contributed by atoms with Gasteiger partial charge >= 0.3 is 0 Å². The van der Waals surface area contributed by atoms with Crippen molar-refractivity contribution in [3.05, 3.63) is 35.0 Å². The van der Waals surface area contributed by atoms with Gasteiger partial charge in [-0.15, -0.1) is 17.9 Å². The lowest BCUT2D eigenvalue weighted by atomic mass is 10.1. The third kappa shape index (κ3) is 7.26. The zero-order valence-electron chi connectivity index (χ0n) is 13.6. The molecule has 6 heteroatoms. The summed E-state index contributed by atoms with van der Waals surface area (Å²) in [7, 11) is 3.45. The molecule has 5 nitrogen and oxygen atoms in total. The molecule has 0 bridgehead atoms. The maximum absolute atomic E-state index is 11.6. The Labute approximate surface area is 137 Å². The van der Waals surface area contributed by atoms with E-state index in [1.165, 1.54) is 9.78 Å². The van der Waals surface area contributed by atoms with Gasteiger partial charge in [0.15, 0.2) is 5.96 Å². The molecular formula is C16H26N4OS. The van der Waals surface area contributed by atoms with Crippen LogP contribution in [0.5, 0.6) is 0 Å². The highest BCUT2D eigenvalue weighted by Gasteiger charge is 2.07. The molecule has 0 saturated heterocycles. The van der Waals surface area contributed by atoms with Crippen LogP contribution >= 0.6 is 11.3 Å². The van der Waals surface area contributed by atoms with Crippen molar-refractivity contribution >= 4 is 23.2 Å². The summed E-state index contributed by atoms with van der Waals surface area (Å²) in [6, 6.07) is 4.23. The molecule has 1 amide bonds. The molecule has 22 heavy (non-hydrogen) atoms. The first-order valence-electron chi connectivity index (χ1n) is 7.38. The second-order valence-electron chi connectivity index (χ2n) is 5.39. The summed E-state index contributed by atoms with van der Waals surface area (Å²) in [6.45, 7) is 7.43. The van der Waals surface area contributed by atoms with Gasteiger partial charge in [-0.25, -0.2) is 4.99 Å². The van der Waals surface area contributed by atoms with Crippen LogP contribution in [0.2, 0.25) is 0 Å². The number of amides is 1. The Hall–Kier alpha value is -1.82. The number of hydrogen-bond donors (Lipinski definition) is 2. The smallest absolute Gasteiger partial charge is 0.243 e. The van der Waals surface area contributed by atoms with Crippen molar-refractivity contribution in [2.45, 2.75) is 13.3 Å². The molecule has 1 rings (SSSR count). The van der Waals surface area contributed by atoms with Crippen molar-refractivity contribution in [3.63, 3.8) is 0 Å². The molecule has 122 valence electrons. The summed E-state index contributed by atoms with van der Waals surface area (Å²) in [4.78, 5) is 18.8. The zero-order chi connectivity index (χ0) is 16.4. The molecule has 0 aliphatic rings. The van der Waals surface area contributed by atoms with Crippen LogP contribution < -0.4 is 10.6 Å². The highest BCUT2D eigenvalue weighted by molar-refractivity contribution is 7.09. The summed E-state index contributed by atoms with van der Waals surface area (Å²) < 4.78 is 0. The number of nitrogens with one attached hydrogen (secondary N) is 2. The fourth-order valence-electron chi connectivity index (χ4n) is 1.75. The number of thiophene rings is 1. The summed E-state index contributed by atoms with van der Waals surface area (Å²) in [6.07, 6.45) is 2.80. The maximum atomic E-state index is 11.6. The van der Waals surface area contributed by atoms with Gasteiger partial charge in [-0.05, 0) is 23.8 Å². The summed E-state index contributed by atoms with van der Waals surface area (Å²) in [5.74, 6) is 1.11. The van der Waals surface area contributed by atoms with Crippen LogP contribution in [0.15, 0.2) is 35.2 Å². The lowest BCUT2D eigenvalue weighted by Gasteiger charge is -2.16. The van der Waals surface area contributed by atoms with Crippen LogP contribution in [-0.4, -0.2) is 50.5 Å². The minimum absolute atomic E-state index is 0.0219. The molecule has 2 N–H and O–H groups in total. The van der Waals surface area contributed by atoms with Crippen molar-refractivity contribution in [2.24, 2.45) is 10.9 Å². The molecular weight excluding hydrogens is 296 g/mol. The zero-order valence-corrected chi connectivity index (χ0v) is 14.4. The Kier molecular flexibility index (Phi) is 8.28. The van der Waals surface area contributed by atoms with E-state index in [0.717, 1.165) is 13.0 Å². The second-order valence-corrected chi connectivity index (χ2v) is 6.42. The molecule has 0 radical (unpaired) electrons. The first kappa shape index (κ1) is 18.2. The highest BCUT2D eigenvalue weighted by atomic mass is 32.1. The third-order valence-corrected chi connectivity index (χ3v) is 3.93. The summed E-state index contributed by atoms with van der Waals surface area (Å²) in [5, 5.41) is 8.51. The Morgan fingerprint density at radius 2 is 2.27 bits per heavy atom. The van der Waals surface area contributed by atoms with Gasteiger partial charge in [-0.3, -0.25) is 4.79 Å². The van der Waals surface area contributed by atoms with Crippen molar-refractivity contribution in [3.8, 4) is 0 Å². The molecule has 0 spiro atoms. The average Bonchev–Trinajstić information content (AvgIpc) is 2.98. The monoisotopic (exact) mass is 322 g/mol. The highest BCUT2D eigenvalue weighted by Crippen LogP contribution is 2.13. The molecule has 1 heterocycles. The minimum Gasteiger partial charge on any atom is -0.356 e. The Morgan fingerprint density at radius 1 is 1.50 bits per heavy atom. The quantitative estimate of drug-likeness (QED) is 0.435. The normalized spacial score (nSPS) is 12.6. The molecule has 0 fully saturated rings. The number of aliphatic imine (C=N–C) groups is 1. The van der Waals surface area contributed by atoms with Crippen molar-refractivity contribution in [1.29, 1.82) is 0 Å². The predicted octanol–water partition coefficient (Wildman–Crippen LogP) is 1.74. The van der Waals surface area contributed by atoms with Gasteiger partial charge in [0.25, 0.3) is 0 Å². The van der Waals surface area contributed by atoms with Crippen molar-refractivity contribution in [1.82, 2.24) is 15.5 Å². The molecule has 0 aliphatic carbocycles. The summed E-state index contributed by atoms with van der Waals surface area (Å²) in [5.41, 5.74) is 0. The van der Waals surface area contributed by atoms with Crippen LogP contribution in [0, 0.1) is 5.92 Å². The average molecular weight is 322 g/mol. The van der Waals surface area contributed by atoms with E-state index in [-0.39, 0.29) is 12.5 Å². The van der Waals surface area contributed by atoms with Crippen LogP contribution in [0.4, 0.5) is 0 Å². The maximum Gasteiger partial charge on any atom is 0.243 e. The molecule has 0 aromatic carbocycles. The van der Waals surface area contributed by atoms with Crippen LogP contribution in [0.3, 0.4) is 0 Å². The Balaban J connectivity index is 2.47. The first-order valence-corrected chi connectivity index (χ1v) is 8.26. The van der Waals surface area contributed by atoms with E-state index in [9.17, 15) is 4.79 Å². The van der Waals surface area contributed by atoms with Crippen LogP contribution in [0.25, 0.3) is 0 Å². The van der Waals surface area contributed by atoms with E-state index in [2.05, 4.69) is 46.6 Å². The summed E-state index contributed by atoms with van der Waals surface area (Å²) >= 11 is 1.78. The van der Waals surface area contributed by atoms with Gasteiger partial charge in [0, 0.05) is 32.1 Å². The van der Waals surface area contributed by atoms with Gasteiger partial charge < -0.3 is 15.5 Å². The molecule has 1 atom stereocenters. The molecule has 1 aromatic heterocycles. The number of carbonyl (C=O) groups excluding carboxylic acids is 1. The van der Waals surface area contributed by atoms with Crippen molar-refractivity contribution < 1.29 is 4.79 Å². The first-order chi connectivity index (χ1) is 10.5. The minimum atomic E-state index is -0.0219. The van der Waals surface area contributed by atoms with E-state index in [4.69, 9.17) is 0 Å². The topological polar surface area (TPSA) is 56.7 Å². The fraction of sp³-hybridized carbons (Fsp3) is 0.500. The van der Waals surface area contributed by atoms with Gasteiger partial charge in [0.1, 0.15) is 6.54 Å². The lowest BCUT2D eigenvalue weighted by molar-refractivity contribution is -0.127. The number of nitrogens with zero attached hydrogens (tertiary/aromatic N) is 2. The van der Waals surface area contributed by atoms with Gasteiger partial charge in [-0.1, -0.05) is 19.1 Å². The van der Waals surface area contributed by atoms with E-state index in [0.29, 0.717) is 18.4 Å². The van der Waals surface area contributed by atoms with Gasteiger partial charge in [0.05, 0.1) is 0 Å².